The highest BCUT2D eigenvalue weighted by Crippen LogP contribution is 2.36. The number of carbonyl (C=O) groups excluding carboxylic acids is 1. The SMILES string of the molecule is O=C1/C(=C\c2ccc(Oc3ccc([N+](=O)[O-])cc3[N+](=O)[O-])cc2)SC(=S)N1Cc1ccccc1. The number of hydrogen-bond donors (Lipinski definition) is 0. The van der Waals surface area contributed by atoms with Crippen LogP contribution in [0.15, 0.2) is 77.7 Å². The molecule has 3 aromatic rings. The van der Waals surface area contributed by atoms with Gasteiger partial charge in [0.05, 0.1) is 27.4 Å². The third-order valence-electron chi connectivity index (χ3n) is 4.81. The standard InChI is InChI=1S/C23H15N3O6S2/c27-22-21(34-23(33)24(22)14-16-4-2-1-3-5-16)12-15-6-9-18(10-7-15)32-20-11-8-17(25(28)29)13-19(20)26(30)31/h1-13H,14H2/b21-12+. The Morgan fingerprint density at radius 1 is 0.971 bits per heavy atom. The molecule has 9 nitrogen and oxygen atoms in total. The number of hydrogen-bond acceptors (Lipinski definition) is 8. The first-order valence-electron chi connectivity index (χ1n) is 9.82. The number of thiocarbonyl (C=S) groups is 1. The molecule has 11 heteroatoms. The fourth-order valence-electron chi connectivity index (χ4n) is 3.16. The zero-order valence-corrected chi connectivity index (χ0v) is 19.0. The van der Waals surface area contributed by atoms with E-state index in [9.17, 15) is 25.0 Å². The number of nitro benzene ring substituents is 2. The van der Waals surface area contributed by atoms with Crippen molar-refractivity contribution in [2.45, 2.75) is 6.54 Å². The number of nitrogens with zero attached hydrogens (tertiary/aromatic N) is 3. The van der Waals surface area contributed by atoms with Crippen LogP contribution in [-0.4, -0.2) is 25.0 Å². The minimum Gasteiger partial charge on any atom is -0.450 e. The summed E-state index contributed by atoms with van der Waals surface area (Å²) in [5.41, 5.74) is 0.770. The molecule has 1 saturated heterocycles. The molecule has 1 aliphatic heterocycles. The van der Waals surface area contributed by atoms with Gasteiger partial charge in [0.2, 0.25) is 5.75 Å². The summed E-state index contributed by atoms with van der Waals surface area (Å²) in [5.74, 6) is -0.00320. The van der Waals surface area contributed by atoms with Gasteiger partial charge in [-0.2, -0.15) is 0 Å². The molecule has 1 aliphatic rings. The second-order valence-electron chi connectivity index (χ2n) is 7.09. The summed E-state index contributed by atoms with van der Waals surface area (Å²) in [4.78, 5) is 35.6. The smallest absolute Gasteiger partial charge is 0.318 e. The number of non-ortho nitro benzene ring substituents is 1. The highest BCUT2D eigenvalue weighted by atomic mass is 32.2. The lowest BCUT2D eigenvalue weighted by molar-refractivity contribution is -0.394. The van der Waals surface area contributed by atoms with Crippen molar-refractivity contribution in [3.05, 3.63) is 109 Å². The zero-order valence-electron chi connectivity index (χ0n) is 17.3. The number of amides is 1. The molecule has 1 heterocycles. The first kappa shape index (κ1) is 23.1. The lowest BCUT2D eigenvalue weighted by Crippen LogP contribution is -2.27. The maximum Gasteiger partial charge on any atom is 0.318 e. The number of rotatable bonds is 7. The molecule has 0 atom stereocenters. The van der Waals surface area contributed by atoms with Crippen molar-refractivity contribution in [1.29, 1.82) is 0 Å². The van der Waals surface area contributed by atoms with Crippen molar-refractivity contribution in [2.24, 2.45) is 0 Å². The molecule has 0 bridgehead atoms. The van der Waals surface area contributed by atoms with Crippen molar-refractivity contribution in [3.8, 4) is 11.5 Å². The molecular weight excluding hydrogens is 478 g/mol. The Labute approximate surface area is 202 Å². The van der Waals surface area contributed by atoms with Gasteiger partial charge in [0.15, 0.2) is 0 Å². The van der Waals surface area contributed by atoms with E-state index in [1.54, 1.807) is 35.2 Å². The third kappa shape index (κ3) is 5.11. The molecule has 3 aromatic carbocycles. The van der Waals surface area contributed by atoms with E-state index >= 15 is 0 Å². The Morgan fingerprint density at radius 3 is 2.32 bits per heavy atom. The molecule has 1 fully saturated rings. The van der Waals surface area contributed by atoms with Crippen molar-refractivity contribution in [3.63, 3.8) is 0 Å². The Morgan fingerprint density at radius 2 is 1.68 bits per heavy atom. The predicted molar refractivity (Wildman–Crippen MR) is 131 cm³/mol. The van der Waals surface area contributed by atoms with Gasteiger partial charge in [-0.05, 0) is 35.4 Å². The quantitative estimate of drug-likeness (QED) is 0.178. The van der Waals surface area contributed by atoms with Crippen LogP contribution in [0.25, 0.3) is 6.08 Å². The largest absolute Gasteiger partial charge is 0.450 e. The van der Waals surface area contributed by atoms with Crippen LogP contribution in [0.4, 0.5) is 11.4 Å². The van der Waals surface area contributed by atoms with Crippen molar-refractivity contribution in [1.82, 2.24) is 4.90 Å². The summed E-state index contributed by atoms with van der Waals surface area (Å²) in [7, 11) is 0. The van der Waals surface area contributed by atoms with Gasteiger partial charge in [-0.15, -0.1) is 0 Å². The van der Waals surface area contributed by atoms with Crippen LogP contribution in [0.3, 0.4) is 0 Å². The third-order valence-corrected chi connectivity index (χ3v) is 6.19. The molecule has 0 N–H and O–H groups in total. The van der Waals surface area contributed by atoms with Gasteiger partial charge in [-0.25, -0.2) is 0 Å². The Balaban J connectivity index is 1.49. The highest BCUT2D eigenvalue weighted by Gasteiger charge is 2.32. The lowest BCUT2D eigenvalue weighted by Gasteiger charge is -2.14. The summed E-state index contributed by atoms with van der Waals surface area (Å²) >= 11 is 6.59. The second-order valence-corrected chi connectivity index (χ2v) is 8.77. The number of thioether (sulfide) groups is 1. The minimum atomic E-state index is -0.742. The van der Waals surface area contributed by atoms with E-state index in [0.29, 0.717) is 27.1 Å². The first-order chi connectivity index (χ1) is 16.3. The average Bonchev–Trinajstić information content (AvgIpc) is 3.08. The van der Waals surface area contributed by atoms with Gasteiger partial charge in [0.1, 0.15) is 10.1 Å². The minimum absolute atomic E-state index is 0.120. The average molecular weight is 494 g/mol. The van der Waals surface area contributed by atoms with Crippen molar-refractivity contribution >= 4 is 51.7 Å². The van der Waals surface area contributed by atoms with Gasteiger partial charge >= 0.3 is 5.69 Å². The van der Waals surface area contributed by atoms with Crippen LogP contribution in [0.1, 0.15) is 11.1 Å². The van der Waals surface area contributed by atoms with E-state index < -0.39 is 21.2 Å². The van der Waals surface area contributed by atoms with E-state index in [0.717, 1.165) is 17.7 Å². The van der Waals surface area contributed by atoms with Gasteiger partial charge in [-0.1, -0.05) is 66.4 Å². The Kier molecular flexibility index (Phi) is 6.66. The van der Waals surface area contributed by atoms with E-state index in [2.05, 4.69) is 0 Å². The van der Waals surface area contributed by atoms with Crippen LogP contribution in [0.2, 0.25) is 0 Å². The highest BCUT2D eigenvalue weighted by molar-refractivity contribution is 8.26. The molecule has 1 amide bonds. The summed E-state index contributed by atoms with van der Waals surface area (Å²) in [6.45, 7) is 0.393. The molecule has 0 saturated carbocycles. The molecule has 4 rings (SSSR count). The van der Waals surface area contributed by atoms with Crippen LogP contribution < -0.4 is 4.74 Å². The molecule has 0 radical (unpaired) electrons. The zero-order chi connectivity index (χ0) is 24.2. The molecule has 0 aromatic heterocycles. The fourth-order valence-corrected chi connectivity index (χ4v) is 4.42. The summed E-state index contributed by atoms with van der Waals surface area (Å²) in [6.07, 6.45) is 1.71. The van der Waals surface area contributed by atoms with Crippen LogP contribution in [-0.2, 0) is 11.3 Å². The van der Waals surface area contributed by atoms with E-state index in [1.165, 1.54) is 17.8 Å². The summed E-state index contributed by atoms with van der Waals surface area (Å²) < 4.78 is 6.04. The number of nitro groups is 2. The van der Waals surface area contributed by atoms with Crippen LogP contribution in [0, 0.1) is 20.2 Å². The van der Waals surface area contributed by atoms with E-state index in [1.807, 2.05) is 30.3 Å². The van der Waals surface area contributed by atoms with Gasteiger partial charge < -0.3 is 4.74 Å². The Hall–Kier alpha value is -4.09. The maximum atomic E-state index is 12.8. The topological polar surface area (TPSA) is 116 Å². The molecular formula is C23H15N3O6S2. The van der Waals surface area contributed by atoms with Gasteiger partial charge in [-0.3, -0.25) is 29.9 Å². The monoisotopic (exact) mass is 493 g/mol. The number of carbonyl (C=O) groups is 1. The summed E-state index contributed by atoms with van der Waals surface area (Å²) in [5, 5.41) is 22.2. The Bertz CT molecular complexity index is 1330. The second kappa shape index (κ2) is 9.81. The lowest BCUT2D eigenvalue weighted by atomic mass is 10.2. The molecule has 34 heavy (non-hydrogen) atoms. The molecule has 170 valence electrons. The van der Waals surface area contributed by atoms with Crippen LogP contribution in [0.5, 0.6) is 11.5 Å². The number of ether oxygens (including phenoxy) is 1. The molecule has 0 spiro atoms. The van der Waals surface area contributed by atoms with Crippen molar-refractivity contribution < 1.29 is 19.4 Å². The molecule has 0 aliphatic carbocycles. The van der Waals surface area contributed by atoms with Crippen molar-refractivity contribution in [2.75, 3.05) is 0 Å². The van der Waals surface area contributed by atoms with Gasteiger partial charge in [0, 0.05) is 6.07 Å². The number of benzene rings is 3. The van der Waals surface area contributed by atoms with Gasteiger partial charge in [0.25, 0.3) is 11.6 Å². The van der Waals surface area contributed by atoms with E-state index in [-0.39, 0.29) is 11.7 Å². The normalized spacial score (nSPS) is 14.5. The fraction of sp³-hybridized carbons (Fsp3) is 0.0435. The first-order valence-corrected chi connectivity index (χ1v) is 11.0. The predicted octanol–water partition coefficient (Wildman–Crippen LogP) is 5.70. The summed E-state index contributed by atoms with van der Waals surface area (Å²) in [6, 6.07) is 19.3. The van der Waals surface area contributed by atoms with Crippen LogP contribution >= 0.6 is 24.0 Å². The molecule has 0 unspecified atom stereocenters. The van der Waals surface area contributed by atoms with E-state index in [4.69, 9.17) is 17.0 Å². The maximum absolute atomic E-state index is 12.8.